The minimum absolute atomic E-state index is 0. The van der Waals surface area contributed by atoms with Gasteiger partial charge in [0.25, 0.3) is 0 Å². The van der Waals surface area contributed by atoms with E-state index in [1.807, 2.05) is 0 Å². The molecule has 0 bridgehead atoms. The van der Waals surface area contributed by atoms with Crippen molar-refractivity contribution in [2.75, 3.05) is 6.54 Å². The fraction of sp³-hybridized carbons (Fsp3) is 0.231. The Labute approximate surface area is 129 Å². The SMILES string of the molecule is Cl.NS(=O)(=O)c1ccc(CCNCc2ccsc2)cc1. The second-order valence-electron chi connectivity index (χ2n) is 4.25. The minimum atomic E-state index is -3.59. The van der Waals surface area contributed by atoms with Gasteiger partial charge in [-0.05, 0) is 53.1 Å². The van der Waals surface area contributed by atoms with Crippen LogP contribution in [0, 0.1) is 0 Å². The molecule has 2 rings (SSSR count). The van der Waals surface area contributed by atoms with Gasteiger partial charge in [-0.3, -0.25) is 0 Å². The van der Waals surface area contributed by atoms with Crippen molar-refractivity contribution >= 4 is 33.8 Å². The van der Waals surface area contributed by atoms with Crippen molar-refractivity contribution in [2.24, 2.45) is 5.14 Å². The first-order chi connectivity index (χ1) is 9.05. The van der Waals surface area contributed by atoms with Crippen LogP contribution >= 0.6 is 23.7 Å². The van der Waals surface area contributed by atoms with Crippen molar-refractivity contribution in [3.63, 3.8) is 0 Å². The van der Waals surface area contributed by atoms with Crippen molar-refractivity contribution in [1.82, 2.24) is 5.32 Å². The van der Waals surface area contributed by atoms with E-state index in [1.54, 1.807) is 35.6 Å². The summed E-state index contributed by atoms with van der Waals surface area (Å²) in [6.45, 7) is 1.71. The normalized spacial score (nSPS) is 11.1. The zero-order valence-corrected chi connectivity index (χ0v) is 13.2. The number of hydrogen-bond donors (Lipinski definition) is 2. The molecule has 0 saturated carbocycles. The molecular formula is C13H17ClN2O2S2. The molecule has 0 saturated heterocycles. The molecule has 0 aliphatic heterocycles. The smallest absolute Gasteiger partial charge is 0.238 e. The molecule has 1 aromatic carbocycles. The van der Waals surface area contributed by atoms with Gasteiger partial charge in [0.15, 0.2) is 0 Å². The standard InChI is InChI=1S/C13H16N2O2S2.ClH/c14-19(16,17)13-3-1-11(2-4-13)5-7-15-9-12-6-8-18-10-12;/h1-4,6,8,10,15H,5,7,9H2,(H2,14,16,17);1H. The van der Waals surface area contributed by atoms with Crippen LogP contribution in [0.5, 0.6) is 0 Å². The molecule has 1 heterocycles. The molecule has 1 aromatic heterocycles. The van der Waals surface area contributed by atoms with E-state index in [0.717, 1.165) is 25.1 Å². The van der Waals surface area contributed by atoms with E-state index in [4.69, 9.17) is 5.14 Å². The molecule has 2 aromatic rings. The van der Waals surface area contributed by atoms with Crippen LogP contribution in [-0.4, -0.2) is 15.0 Å². The van der Waals surface area contributed by atoms with Crippen molar-refractivity contribution in [1.29, 1.82) is 0 Å². The van der Waals surface area contributed by atoms with Crippen LogP contribution in [0.2, 0.25) is 0 Å². The van der Waals surface area contributed by atoms with E-state index in [1.165, 1.54) is 5.56 Å². The van der Waals surface area contributed by atoms with Gasteiger partial charge < -0.3 is 5.32 Å². The highest BCUT2D eigenvalue weighted by Crippen LogP contribution is 2.09. The number of sulfonamides is 1. The van der Waals surface area contributed by atoms with Crippen LogP contribution in [0.25, 0.3) is 0 Å². The Morgan fingerprint density at radius 2 is 1.80 bits per heavy atom. The molecular weight excluding hydrogens is 316 g/mol. The number of primary sulfonamides is 1. The van der Waals surface area contributed by atoms with Crippen molar-refractivity contribution in [2.45, 2.75) is 17.9 Å². The first kappa shape index (κ1) is 17.1. The molecule has 110 valence electrons. The van der Waals surface area contributed by atoms with Gasteiger partial charge in [-0.1, -0.05) is 12.1 Å². The Hall–Kier alpha value is -0.920. The fourth-order valence-corrected chi connectivity index (χ4v) is 2.89. The largest absolute Gasteiger partial charge is 0.312 e. The van der Waals surface area contributed by atoms with Gasteiger partial charge in [0.05, 0.1) is 4.90 Å². The van der Waals surface area contributed by atoms with Crippen molar-refractivity contribution in [3.05, 3.63) is 52.2 Å². The summed E-state index contributed by atoms with van der Waals surface area (Å²) in [6, 6.07) is 8.78. The van der Waals surface area contributed by atoms with E-state index >= 15 is 0 Å². The number of hydrogen-bond acceptors (Lipinski definition) is 4. The quantitative estimate of drug-likeness (QED) is 0.796. The van der Waals surface area contributed by atoms with Crippen LogP contribution in [0.15, 0.2) is 46.0 Å². The van der Waals surface area contributed by atoms with Crippen LogP contribution in [0.3, 0.4) is 0 Å². The minimum Gasteiger partial charge on any atom is -0.312 e. The number of halogens is 1. The Morgan fingerprint density at radius 1 is 1.10 bits per heavy atom. The second kappa shape index (κ2) is 7.75. The van der Waals surface area contributed by atoms with Crippen molar-refractivity contribution in [3.8, 4) is 0 Å². The second-order valence-corrected chi connectivity index (χ2v) is 6.59. The number of thiophene rings is 1. The Morgan fingerprint density at radius 3 is 2.35 bits per heavy atom. The molecule has 4 nitrogen and oxygen atoms in total. The third kappa shape index (κ3) is 5.22. The summed E-state index contributed by atoms with van der Waals surface area (Å²) >= 11 is 1.69. The van der Waals surface area contributed by atoms with Crippen LogP contribution in [0.1, 0.15) is 11.1 Å². The third-order valence-corrected chi connectivity index (χ3v) is 4.41. The summed E-state index contributed by atoms with van der Waals surface area (Å²) in [5.74, 6) is 0. The maximum atomic E-state index is 11.1. The zero-order chi connectivity index (χ0) is 13.7. The topological polar surface area (TPSA) is 72.2 Å². The van der Waals surface area contributed by atoms with Crippen LogP contribution in [0.4, 0.5) is 0 Å². The summed E-state index contributed by atoms with van der Waals surface area (Å²) in [5.41, 5.74) is 2.37. The fourth-order valence-electron chi connectivity index (χ4n) is 1.70. The Bertz CT molecular complexity index is 610. The number of benzene rings is 1. The molecule has 0 fully saturated rings. The van der Waals surface area contributed by atoms with Gasteiger partial charge in [-0.15, -0.1) is 12.4 Å². The van der Waals surface area contributed by atoms with Gasteiger partial charge in [-0.25, -0.2) is 13.6 Å². The van der Waals surface area contributed by atoms with Crippen molar-refractivity contribution < 1.29 is 8.42 Å². The lowest BCUT2D eigenvalue weighted by molar-refractivity contribution is 0.597. The molecule has 3 N–H and O–H groups in total. The summed E-state index contributed by atoms with van der Waals surface area (Å²) < 4.78 is 22.2. The predicted molar refractivity (Wildman–Crippen MR) is 84.8 cm³/mol. The summed E-state index contributed by atoms with van der Waals surface area (Å²) in [5, 5.41) is 12.6. The summed E-state index contributed by atoms with van der Waals surface area (Å²) in [6.07, 6.45) is 0.856. The molecule has 0 spiro atoms. The third-order valence-electron chi connectivity index (χ3n) is 2.75. The van der Waals surface area contributed by atoms with Crippen LogP contribution < -0.4 is 10.5 Å². The van der Waals surface area contributed by atoms with Crippen LogP contribution in [-0.2, 0) is 23.0 Å². The maximum absolute atomic E-state index is 11.1. The first-order valence-electron chi connectivity index (χ1n) is 5.89. The van der Waals surface area contributed by atoms with E-state index in [9.17, 15) is 8.42 Å². The van der Waals surface area contributed by atoms with Gasteiger partial charge in [-0.2, -0.15) is 11.3 Å². The predicted octanol–water partition coefficient (Wildman–Crippen LogP) is 2.15. The lowest BCUT2D eigenvalue weighted by Gasteiger charge is -2.04. The van der Waals surface area contributed by atoms with Gasteiger partial charge in [0.1, 0.15) is 0 Å². The lowest BCUT2D eigenvalue weighted by atomic mass is 10.1. The number of nitrogens with one attached hydrogen (secondary N) is 1. The highest BCUT2D eigenvalue weighted by atomic mass is 35.5. The number of nitrogens with two attached hydrogens (primary N) is 1. The molecule has 0 aliphatic rings. The van der Waals surface area contributed by atoms with E-state index in [0.29, 0.717) is 0 Å². The number of rotatable bonds is 6. The molecule has 0 unspecified atom stereocenters. The lowest BCUT2D eigenvalue weighted by Crippen LogP contribution is -2.16. The maximum Gasteiger partial charge on any atom is 0.238 e. The monoisotopic (exact) mass is 332 g/mol. The summed E-state index contributed by atoms with van der Waals surface area (Å²) in [4.78, 5) is 0.155. The highest BCUT2D eigenvalue weighted by Gasteiger charge is 2.06. The van der Waals surface area contributed by atoms with E-state index in [2.05, 4.69) is 22.1 Å². The molecule has 0 amide bonds. The first-order valence-corrected chi connectivity index (χ1v) is 8.38. The van der Waals surface area contributed by atoms with E-state index < -0.39 is 10.0 Å². The molecule has 7 heteroatoms. The Balaban J connectivity index is 0.00000200. The molecule has 0 aliphatic carbocycles. The highest BCUT2D eigenvalue weighted by molar-refractivity contribution is 7.89. The Kier molecular flexibility index (Phi) is 6.64. The molecule has 0 atom stereocenters. The molecule has 20 heavy (non-hydrogen) atoms. The van der Waals surface area contributed by atoms with Gasteiger partial charge >= 0.3 is 0 Å². The summed E-state index contributed by atoms with van der Waals surface area (Å²) in [7, 11) is -3.59. The van der Waals surface area contributed by atoms with Gasteiger partial charge in [0.2, 0.25) is 10.0 Å². The molecule has 0 radical (unpaired) electrons. The van der Waals surface area contributed by atoms with E-state index in [-0.39, 0.29) is 17.3 Å². The zero-order valence-electron chi connectivity index (χ0n) is 10.8. The van der Waals surface area contributed by atoms with Gasteiger partial charge in [0, 0.05) is 6.54 Å². The average molecular weight is 333 g/mol. The average Bonchev–Trinajstić information content (AvgIpc) is 2.87.